The van der Waals surface area contributed by atoms with Crippen molar-refractivity contribution in [1.29, 1.82) is 0 Å². The van der Waals surface area contributed by atoms with E-state index in [-0.39, 0.29) is 24.7 Å². The zero-order chi connectivity index (χ0) is 16.7. The Balaban J connectivity index is 2.04. The summed E-state index contributed by atoms with van der Waals surface area (Å²) in [4.78, 5) is 24.4. The zero-order valence-electron chi connectivity index (χ0n) is 13.0. The normalized spacial score (nSPS) is 14.4. The lowest BCUT2D eigenvalue weighted by atomic mass is 10.1. The number of hydrogen-bond acceptors (Lipinski definition) is 6. The highest BCUT2D eigenvalue weighted by molar-refractivity contribution is 5.83. The number of carbonyl (C=O) groups excluding carboxylic acids is 1. The third kappa shape index (κ3) is 4.82. The average Bonchev–Trinajstić information content (AvgIpc) is 2.58. The van der Waals surface area contributed by atoms with E-state index in [2.05, 4.69) is 10.6 Å². The highest BCUT2D eigenvalue weighted by atomic mass is 16.6. The van der Waals surface area contributed by atoms with Crippen LogP contribution < -0.4 is 10.6 Å². The molecule has 23 heavy (non-hydrogen) atoms. The van der Waals surface area contributed by atoms with E-state index < -0.39 is 4.92 Å². The molecule has 0 aliphatic carbocycles. The van der Waals surface area contributed by atoms with Crippen molar-refractivity contribution in [3.63, 3.8) is 0 Å². The summed E-state index contributed by atoms with van der Waals surface area (Å²) in [6, 6.07) is 4.35. The van der Waals surface area contributed by atoms with Gasteiger partial charge in [-0.3, -0.25) is 14.9 Å². The number of nitrogens with zero attached hydrogens (tertiary/aromatic N) is 2. The number of anilines is 2. The van der Waals surface area contributed by atoms with Gasteiger partial charge < -0.3 is 20.6 Å². The molecule has 126 valence electrons. The van der Waals surface area contributed by atoms with Crippen LogP contribution in [0.3, 0.4) is 0 Å². The van der Waals surface area contributed by atoms with Crippen molar-refractivity contribution >= 4 is 23.0 Å². The van der Waals surface area contributed by atoms with E-state index in [0.29, 0.717) is 17.9 Å². The minimum atomic E-state index is -0.479. The largest absolute Gasteiger partial charge is 0.395 e. The number of nitro groups is 1. The van der Waals surface area contributed by atoms with Crippen molar-refractivity contribution in [2.75, 3.05) is 43.4 Å². The van der Waals surface area contributed by atoms with E-state index in [1.807, 2.05) is 4.90 Å². The van der Waals surface area contributed by atoms with Gasteiger partial charge in [0.25, 0.3) is 5.69 Å². The summed E-state index contributed by atoms with van der Waals surface area (Å²) in [6.07, 6.45) is 3.19. The van der Waals surface area contributed by atoms with Crippen molar-refractivity contribution in [2.45, 2.75) is 19.3 Å². The third-order valence-corrected chi connectivity index (χ3v) is 3.78. The number of amides is 1. The topological polar surface area (TPSA) is 108 Å². The number of likely N-dealkylation sites (tertiary alicyclic amines) is 1. The summed E-state index contributed by atoms with van der Waals surface area (Å²) in [7, 11) is 0. The molecule has 1 aromatic rings. The van der Waals surface area contributed by atoms with Crippen molar-refractivity contribution in [1.82, 2.24) is 4.90 Å². The van der Waals surface area contributed by atoms with Crippen LogP contribution in [0, 0.1) is 10.1 Å². The predicted octanol–water partition coefficient (Wildman–Crippen LogP) is 1.42. The Labute approximate surface area is 134 Å². The number of non-ortho nitro benzene ring substituents is 1. The average molecular weight is 322 g/mol. The lowest BCUT2D eigenvalue weighted by molar-refractivity contribution is -0.384. The molecule has 8 heteroatoms. The molecular formula is C15H22N4O4. The fourth-order valence-corrected chi connectivity index (χ4v) is 2.56. The lowest BCUT2D eigenvalue weighted by Crippen LogP contribution is -2.39. The van der Waals surface area contributed by atoms with Crippen LogP contribution in [0.1, 0.15) is 19.3 Å². The second-order valence-electron chi connectivity index (χ2n) is 5.43. The molecule has 0 unspecified atom stereocenters. The summed E-state index contributed by atoms with van der Waals surface area (Å²) in [5, 5.41) is 25.8. The first-order valence-electron chi connectivity index (χ1n) is 7.76. The molecule has 1 aliphatic rings. The van der Waals surface area contributed by atoms with Gasteiger partial charge in [0.15, 0.2) is 0 Å². The second kappa shape index (κ2) is 8.33. The van der Waals surface area contributed by atoms with Gasteiger partial charge in [-0.2, -0.15) is 0 Å². The van der Waals surface area contributed by atoms with Crippen LogP contribution in [0.5, 0.6) is 0 Å². The van der Waals surface area contributed by atoms with Crippen molar-refractivity contribution in [2.24, 2.45) is 0 Å². The highest BCUT2D eigenvalue weighted by Gasteiger charge is 2.17. The Morgan fingerprint density at radius 1 is 1.22 bits per heavy atom. The summed E-state index contributed by atoms with van der Waals surface area (Å²) in [5.41, 5.74) is 1.06. The van der Waals surface area contributed by atoms with Gasteiger partial charge in [0, 0.05) is 31.8 Å². The highest BCUT2D eigenvalue weighted by Crippen LogP contribution is 2.27. The number of rotatable bonds is 7. The van der Waals surface area contributed by atoms with Crippen molar-refractivity contribution in [3.8, 4) is 0 Å². The van der Waals surface area contributed by atoms with E-state index in [9.17, 15) is 14.9 Å². The number of nitrogens with one attached hydrogen (secondary N) is 2. The molecule has 1 saturated heterocycles. The molecule has 1 fully saturated rings. The Hall–Kier alpha value is -2.35. The molecule has 8 nitrogen and oxygen atoms in total. The molecule has 3 N–H and O–H groups in total. The number of benzene rings is 1. The predicted molar refractivity (Wildman–Crippen MR) is 87.6 cm³/mol. The molecule has 0 saturated carbocycles. The number of nitro benzene ring substituents is 1. The van der Waals surface area contributed by atoms with E-state index in [4.69, 9.17) is 5.11 Å². The Kier molecular flexibility index (Phi) is 6.16. The first-order valence-corrected chi connectivity index (χ1v) is 7.76. The van der Waals surface area contributed by atoms with Crippen LogP contribution in [-0.4, -0.2) is 53.6 Å². The minimum Gasteiger partial charge on any atom is -0.395 e. The fourth-order valence-electron chi connectivity index (χ4n) is 2.56. The Bertz CT molecular complexity index is 558. The van der Waals surface area contributed by atoms with E-state index in [1.165, 1.54) is 12.1 Å². The minimum absolute atomic E-state index is 0.00989. The maximum atomic E-state index is 12.2. The molecular weight excluding hydrogens is 300 g/mol. The van der Waals surface area contributed by atoms with Crippen LogP contribution in [0.2, 0.25) is 0 Å². The van der Waals surface area contributed by atoms with Gasteiger partial charge >= 0.3 is 0 Å². The van der Waals surface area contributed by atoms with Gasteiger partial charge in [-0.15, -0.1) is 0 Å². The van der Waals surface area contributed by atoms with Crippen LogP contribution in [-0.2, 0) is 4.79 Å². The molecule has 0 aromatic heterocycles. The number of hydrogen-bond donors (Lipinski definition) is 3. The maximum Gasteiger partial charge on any atom is 0.271 e. The zero-order valence-corrected chi connectivity index (χ0v) is 13.0. The molecule has 1 aliphatic heterocycles. The number of aliphatic hydroxyl groups is 1. The monoisotopic (exact) mass is 322 g/mol. The maximum absolute atomic E-state index is 12.2. The van der Waals surface area contributed by atoms with E-state index in [0.717, 1.165) is 32.4 Å². The second-order valence-corrected chi connectivity index (χ2v) is 5.43. The van der Waals surface area contributed by atoms with Crippen LogP contribution in [0.4, 0.5) is 17.1 Å². The van der Waals surface area contributed by atoms with Crippen molar-refractivity contribution < 1.29 is 14.8 Å². The molecule has 0 spiro atoms. The van der Waals surface area contributed by atoms with Gasteiger partial charge in [0.2, 0.25) is 5.91 Å². The standard InChI is InChI=1S/C15H22N4O4/c20-9-6-16-13-5-4-12(19(22)23)10-14(13)17-11-15(21)18-7-2-1-3-8-18/h4-5,10,16-17,20H,1-3,6-9,11H2. The van der Waals surface area contributed by atoms with Gasteiger partial charge in [-0.25, -0.2) is 0 Å². The molecule has 1 heterocycles. The first-order chi connectivity index (χ1) is 11.1. The molecule has 0 atom stereocenters. The molecule has 2 rings (SSSR count). The van der Waals surface area contributed by atoms with E-state index >= 15 is 0 Å². The molecule has 0 bridgehead atoms. The Morgan fingerprint density at radius 3 is 2.61 bits per heavy atom. The fraction of sp³-hybridized carbons (Fsp3) is 0.533. The third-order valence-electron chi connectivity index (χ3n) is 3.78. The van der Waals surface area contributed by atoms with Crippen LogP contribution >= 0.6 is 0 Å². The summed E-state index contributed by atoms with van der Waals surface area (Å²) in [6.45, 7) is 1.90. The number of aliphatic hydroxyl groups excluding tert-OH is 1. The molecule has 1 amide bonds. The van der Waals surface area contributed by atoms with Crippen LogP contribution in [0.15, 0.2) is 18.2 Å². The first kappa shape index (κ1) is 17.0. The van der Waals surface area contributed by atoms with Gasteiger partial charge in [0.05, 0.1) is 29.4 Å². The van der Waals surface area contributed by atoms with Gasteiger partial charge in [0.1, 0.15) is 0 Å². The SMILES string of the molecule is O=C(CNc1cc([N+](=O)[O-])ccc1NCCO)N1CCCCC1. The van der Waals surface area contributed by atoms with E-state index in [1.54, 1.807) is 6.07 Å². The van der Waals surface area contributed by atoms with Gasteiger partial charge in [-0.05, 0) is 25.3 Å². The molecule has 0 radical (unpaired) electrons. The Morgan fingerprint density at radius 2 is 1.96 bits per heavy atom. The number of piperidine rings is 1. The summed E-state index contributed by atoms with van der Waals surface area (Å²) in [5.74, 6) is -0.00989. The number of carbonyl (C=O) groups is 1. The molecule has 1 aromatic carbocycles. The lowest BCUT2D eigenvalue weighted by Gasteiger charge is -2.27. The quantitative estimate of drug-likeness (QED) is 0.518. The van der Waals surface area contributed by atoms with Gasteiger partial charge in [-0.1, -0.05) is 0 Å². The smallest absolute Gasteiger partial charge is 0.271 e. The van der Waals surface area contributed by atoms with Crippen LogP contribution in [0.25, 0.3) is 0 Å². The summed E-state index contributed by atoms with van der Waals surface area (Å²) >= 11 is 0. The van der Waals surface area contributed by atoms with Crippen molar-refractivity contribution in [3.05, 3.63) is 28.3 Å². The summed E-state index contributed by atoms with van der Waals surface area (Å²) < 4.78 is 0.